The van der Waals surface area contributed by atoms with Crippen molar-refractivity contribution in [1.29, 1.82) is 0 Å². The maximum atomic E-state index is 13.1. The number of hydrogen-bond acceptors (Lipinski definition) is 5. The number of carbonyl (C=O) groups is 1. The number of aromatic nitrogens is 1. The SMILES string of the molecule is CCC(=O)N(CC1(N2CCN(Cc3ccccc3)CC2)CCOC(C)(C)C1)c1ccccn1. The minimum absolute atomic E-state index is 0.122. The van der Waals surface area contributed by atoms with Gasteiger partial charge in [-0.15, -0.1) is 0 Å². The van der Waals surface area contributed by atoms with Gasteiger partial charge in [0.25, 0.3) is 0 Å². The van der Waals surface area contributed by atoms with Gasteiger partial charge < -0.3 is 4.74 Å². The van der Waals surface area contributed by atoms with Gasteiger partial charge in [0.2, 0.25) is 5.91 Å². The van der Waals surface area contributed by atoms with Crippen LogP contribution in [0.15, 0.2) is 54.7 Å². The van der Waals surface area contributed by atoms with Crippen molar-refractivity contribution in [3.63, 3.8) is 0 Å². The molecule has 2 aromatic rings. The van der Waals surface area contributed by atoms with Gasteiger partial charge in [-0.2, -0.15) is 0 Å². The van der Waals surface area contributed by atoms with E-state index >= 15 is 0 Å². The monoisotopic (exact) mass is 450 g/mol. The quantitative estimate of drug-likeness (QED) is 0.639. The van der Waals surface area contributed by atoms with E-state index in [1.807, 2.05) is 30.0 Å². The van der Waals surface area contributed by atoms with Crippen LogP contribution in [0, 0.1) is 0 Å². The van der Waals surface area contributed by atoms with Crippen molar-refractivity contribution in [2.45, 2.75) is 57.7 Å². The number of hydrogen-bond donors (Lipinski definition) is 0. The summed E-state index contributed by atoms with van der Waals surface area (Å²) in [4.78, 5) is 24.7. The van der Waals surface area contributed by atoms with Crippen LogP contribution in [0.25, 0.3) is 0 Å². The molecule has 3 heterocycles. The number of amides is 1. The van der Waals surface area contributed by atoms with Crippen molar-refractivity contribution >= 4 is 11.7 Å². The van der Waals surface area contributed by atoms with Gasteiger partial charge in [-0.25, -0.2) is 4.98 Å². The summed E-state index contributed by atoms with van der Waals surface area (Å²) < 4.78 is 6.13. The molecular formula is C27H38N4O2. The van der Waals surface area contributed by atoms with Gasteiger partial charge in [-0.05, 0) is 44.4 Å². The van der Waals surface area contributed by atoms with Crippen molar-refractivity contribution in [2.75, 3.05) is 44.2 Å². The van der Waals surface area contributed by atoms with Crippen LogP contribution in [0.1, 0.15) is 45.6 Å². The zero-order chi connectivity index (χ0) is 23.3. The minimum atomic E-state index is -0.218. The first kappa shape index (κ1) is 23.9. The van der Waals surface area contributed by atoms with Crippen LogP contribution in [0.5, 0.6) is 0 Å². The number of benzene rings is 1. The summed E-state index contributed by atoms with van der Waals surface area (Å²) in [5.74, 6) is 0.871. The van der Waals surface area contributed by atoms with Crippen LogP contribution in [0.2, 0.25) is 0 Å². The van der Waals surface area contributed by atoms with E-state index in [0.717, 1.165) is 51.4 Å². The van der Waals surface area contributed by atoms with E-state index in [2.05, 4.69) is 59.0 Å². The van der Waals surface area contributed by atoms with Gasteiger partial charge in [0.05, 0.1) is 5.60 Å². The van der Waals surface area contributed by atoms with Crippen molar-refractivity contribution in [2.24, 2.45) is 0 Å². The molecule has 0 N–H and O–H groups in total. The summed E-state index contributed by atoms with van der Waals surface area (Å²) in [5, 5.41) is 0. The Hall–Kier alpha value is -2.28. The van der Waals surface area contributed by atoms with Crippen LogP contribution in [0.4, 0.5) is 5.82 Å². The van der Waals surface area contributed by atoms with Gasteiger partial charge in [0, 0.05) is 64.0 Å². The highest BCUT2D eigenvalue weighted by atomic mass is 16.5. The first-order valence-electron chi connectivity index (χ1n) is 12.3. The normalized spacial score (nSPS) is 23.8. The molecule has 1 unspecified atom stereocenters. The number of anilines is 1. The minimum Gasteiger partial charge on any atom is -0.375 e. The van der Waals surface area contributed by atoms with Crippen LogP contribution in [0.3, 0.4) is 0 Å². The van der Waals surface area contributed by atoms with E-state index in [-0.39, 0.29) is 17.0 Å². The molecule has 6 nitrogen and oxygen atoms in total. The Labute approximate surface area is 198 Å². The number of nitrogens with zero attached hydrogens (tertiary/aromatic N) is 4. The lowest BCUT2D eigenvalue weighted by Crippen LogP contribution is -2.65. The molecule has 4 rings (SSSR count). The predicted molar refractivity (Wildman–Crippen MR) is 132 cm³/mol. The second-order valence-corrected chi connectivity index (χ2v) is 10.0. The first-order valence-corrected chi connectivity index (χ1v) is 12.3. The fraction of sp³-hybridized carbons (Fsp3) is 0.556. The summed E-state index contributed by atoms with van der Waals surface area (Å²) >= 11 is 0. The Kier molecular flexibility index (Phi) is 7.47. The molecule has 6 heteroatoms. The second-order valence-electron chi connectivity index (χ2n) is 10.0. The van der Waals surface area contributed by atoms with E-state index in [4.69, 9.17) is 4.74 Å². The van der Waals surface area contributed by atoms with Crippen molar-refractivity contribution in [3.05, 3.63) is 60.3 Å². The Balaban J connectivity index is 1.54. The highest BCUT2D eigenvalue weighted by molar-refractivity contribution is 5.92. The van der Waals surface area contributed by atoms with Crippen LogP contribution >= 0.6 is 0 Å². The standard InChI is InChI=1S/C27H38N4O2/c1-4-25(32)31(24-12-8-9-14-28-24)22-27(13-19-33-26(2,3)21-27)30-17-15-29(16-18-30)20-23-10-6-5-7-11-23/h5-12,14H,4,13,15-22H2,1-3H3. The van der Waals surface area contributed by atoms with E-state index in [0.29, 0.717) is 19.6 Å². The third-order valence-corrected chi connectivity index (χ3v) is 7.09. The topological polar surface area (TPSA) is 48.9 Å². The second kappa shape index (κ2) is 10.3. The van der Waals surface area contributed by atoms with Gasteiger partial charge in [-0.3, -0.25) is 19.5 Å². The Morgan fingerprint density at radius 3 is 2.42 bits per heavy atom. The molecule has 2 fully saturated rings. The fourth-order valence-electron chi connectivity index (χ4n) is 5.47. The summed E-state index contributed by atoms with van der Waals surface area (Å²) in [6, 6.07) is 16.5. The maximum absolute atomic E-state index is 13.1. The maximum Gasteiger partial charge on any atom is 0.227 e. The average Bonchev–Trinajstić information content (AvgIpc) is 2.83. The molecule has 33 heavy (non-hydrogen) atoms. The molecule has 0 saturated carbocycles. The van der Waals surface area contributed by atoms with Crippen LogP contribution in [-0.2, 0) is 16.1 Å². The van der Waals surface area contributed by atoms with Gasteiger partial charge >= 0.3 is 0 Å². The molecule has 2 saturated heterocycles. The molecular weight excluding hydrogens is 412 g/mol. The van der Waals surface area contributed by atoms with Crippen molar-refractivity contribution in [3.8, 4) is 0 Å². The molecule has 1 atom stereocenters. The van der Waals surface area contributed by atoms with Crippen molar-refractivity contribution < 1.29 is 9.53 Å². The third-order valence-electron chi connectivity index (χ3n) is 7.09. The molecule has 1 aromatic carbocycles. The lowest BCUT2D eigenvalue weighted by molar-refractivity contribution is -0.130. The van der Waals surface area contributed by atoms with E-state index in [1.165, 1.54) is 5.56 Å². The van der Waals surface area contributed by atoms with E-state index < -0.39 is 0 Å². The van der Waals surface area contributed by atoms with Crippen LogP contribution < -0.4 is 4.90 Å². The largest absolute Gasteiger partial charge is 0.375 e. The fourth-order valence-corrected chi connectivity index (χ4v) is 5.47. The Morgan fingerprint density at radius 1 is 1.06 bits per heavy atom. The molecule has 178 valence electrons. The zero-order valence-electron chi connectivity index (χ0n) is 20.4. The van der Waals surface area contributed by atoms with Crippen molar-refractivity contribution in [1.82, 2.24) is 14.8 Å². The number of pyridine rings is 1. The molecule has 0 radical (unpaired) electrons. The number of piperazine rings is 1. The smallest absolute Gasteiger partial charge is 0.227 e. The number of rotatable bonds is 7. The number of ether oxygens (including phenoxy) is 1. The summed E-state index contributed by atoms with van der Waals surface area (Å²) in [6.07, 6.45) is 4.07. The molecule has 0 aliphatic carbocycles. The van der Waals surface area contributed by atoms with Crippen LogP contribution in [-0.4, -0.2) is 71.2 Å². The lowest BCUT2D eigenvalue weighted by Gasteiger charge is -2.54. The van der Waals surface area contributed by atoms with Gasteiger partial charge in [0.15, 0.2) is 0 Å². The van der Waals surface area contributed by atoms with Gasteiger partial charge in [-0.1, -0.05) is 43.3 Å². The highest BCUT2D eigenvalue weighted by Gasteiger charge is 2.47. The summed E-state index contributed by atoms with van der Waals surface area (Å²) in [6.45, 7) is 12.7. The average molecular weight is 451 g/mol. The van der Waals surface area contributed by atoms with E-state index in [9.17, 15) is 4.79 Å². The van der Waals surface area contributed by atoms with E-state index in [1.54, 1.807) is 6.20 Å². The zero-order valence-corrected chi connectivity index (χ0v) is 20.4. The third kappa shape index (κ3) is 5.81. The molecule has 1 aromatic heterocycles. The highest BCUT2D eigenvalue weighted by Crippen LogP contribution is 2.38. The molecule has 2 aliphatic rings. The molecule has 0 bridgehead atoms. The molecule has 2 aliphatic heterocycles. The first-order chi connectivity index (χ1) is 15.9. The molecule has 0 spiro atoms. The Morgan fingerprint density at radius 2 is 1.79 bits per heavy atom. The van der Waals surface area contributed by atoms with Gasteiger partial charge in [0.1, 0.15) is 5.82 Å². The molecule has 1 amide bonds. The summed E-state index contributed by atoms with van der Waals surface area (Å²) in [5.41, 5.74) is 1.02. The Bertz CT molecular complexity index is 897. The predicted octanol–water partition coefficient (Wildman–Crippen LogP) is 3.97. The summed E-state index contributed by atoms with van der Waals surface area (Å²) in [7, 11) is 0. The lowest BCUT2D eigenvalue weighted by atomic mass is 9.78. The number of carbonyl (C=O) groups excluding carboxylic acids is 1.